The molecule has 0 saturated carbocycles. The molecule has 0 aliphatic heterocycles. The van der Waals surface area contributed by atoms with Gasteiger partial charge in [-0.1, -0.05) is 133 Å². The van der Waals surface area contributed by atoms with E-state index >= 15 is 0 Å². The van der Waals surface area contributed by atoms with Crippen molar-refractivity contribution < 1.29 is 0 Å². The van der Waals surface area contributed by atoms with E-state index in [-0.39, 0.29) is 0 Å². The van der Waals surface area contributed by atoms with E-state index in [4.69, 9.17) is 0 Å². The molecule has 0 amide bonds. The van der Waals surface area contributed by atoms with Crippen molar-refractivity contribution in [3.05, 3.63) is 231 Å². The van der Waals surface area contributed by atoms with Crippen molar-refractivity contribution in [3.8, 4) is 33.9 Å². The van der Waals surface area contributed by atoms with E-state index in [9.17, 15) is 0 Å². The quantitative estimate of drug-likeness (QED) is 0.165. The zero-order chi connectivity index (χ0) is 41.9. The molecule has 4 nitrogen and oxygen atoms in total. The minimum atomic E-state index is 1.12. The van der Waals surface area contributed by atoms with Crippen LogP contribution in [0.25, 0.3) is 121 Å². The molecular weight excluding hydrogens is 777 g/mol. The summed E-state index contributed by atoms with van der Waals surface area (Å²) in [4.78, 5) is 0. The van der Waals surface area contributed by atoms with Gasteiger partial charge in [-0.3, -0.25) is 0 Å². The third-order valence-corrected chi connectivity index (χ3v) is 13.5. The molecule has 0 unspecified atom stereocenters. The van der Waals surface area contributed by atoms with Crippen LogP contribution in [-0.2, 0) is 0 Å². The van der Waals surface area contributed by atoms with Crippen molar-refractivity contribution in [3.63, 3.8) is 0 Å². The predicted molar refractivity (Wildman–Crippen MR) is 269 cm³/mol. The van der Waals surface area contributed by atoms with Gasteiger partial charge in [0.1, 0.15) is 0 Å². The van der Waals surface area contributed by atoms with Crippen molar-refractivity contribution in [2.24, 2.45) is 0 Å². The summed E-state index contributed by atoms with van der Waals surface area (Å²) in [6.07, 6.45) is 0. The molecule has 14 aromatic rings. The van der Waals surface area contributed by atoms with Crippen LogP contribution in [0.1, 0.15) is 0 Å². The fourth-order valence-corrected chi connectivity index (χ4v) is 10.8. The first-order valence-electron chi connectivity index (χ1n) is 22.0. The Morgan fingerprint density at radius 2 is 0.562 bits per heavy atom. The van der Waals surface area contributed by atoms with Crippen LogP contribution in [0.4, 0.5) is 0 Å². The standard InChI is InChI=1S/C60H38N4/c1-4-17-39(18-5-1)40-31-32-54-48(35-40)50-38-57-49(37-58(50)62(54)42-21-8-3-9-22-42)45-25-10-13-28-51(45)64(57)44-24-16-23-43(36-44)63-53-30-15-12-27-47(53)60-56(63)34-33-55-59(60)46-26-11-14-29-52(46)61(55)41-19-6-2-7-20-41/h1-38H. The molecule has 0 aliphatic carbocycles. The number of hydrogen-bond acceptors (Lipinski definition) is 0. The monoisotopic (exact) mass is 814 g/mol. The van der Waals surface area contributed by atoms with Gasteiger partial charge in [0.05, 0.1) is 44.1 Å². The van der Waals surface area contributed by atoms with Crippen LogP contribution in [0.5, 0.6) is 0 Å². The molecule has 4 heterocycles. The summed E-state index contributed by atoms with van der Waals surface area (Å²) >= 11 is 0. The first-order chi connectivity index (χ1) is 31.8. The maximum atomic E-state index is 2.47. The molecule has 0 radical (unpaired) electrons. The van der Waals surface area contributed by atoms with Gasteiger partial charge in [-0.05, 0) is 108 Å². The second-order valence-electron chi connectivity index (χ2n) is 16.9. The predicted octanol–water partition coefficient (Wildman–Crippen LogP) is 15.7. The Bertz CT molecular complexity index is 4170. The minimum Gasteiger partial charge on any atom is -0.309 e. The van der Waals surface area contributed by atoms with Gasteiger partial charge in [0.15, 0.2) is 0 Å². The van der Waals surface area contributed by atoms with Crippen molar-refractivity contribution in [1.82, 2.24) is 18.3 Å². The fourth-order valence-electron chi connectivity index (χ4n) is 10.8. The van der Waals surface area contributed by atoms with E-state index in [1.165, 1.54) is 98.4 Å². The summed E-state index contributed by atoms with van der Waals surface area (Å²) in [6, 6.07) is 84.4. The summed E-state index contributed by atoms with van der Waals surface area (Å²) in [5, 5.41) is 9.97. The van der Waals surface area contributed by atoms with Gasteiger partial charge in [-0.15, -0.1) is 0 Å². The molecule has 0 aliphatic rings. The first-order valence-corrected chi connectivity index (χ1v) is 22.0. The van der Waals surface area contributed by atoms with Crippen LogP contribution < -0.4 is 0 Å². The number of para-hydroxylation sites is 5. The van der Waals surface area contributed by atoms with E-state index in [1.54, 1.807) is 0 Å². The Morgan fingerprint density at radius 3 is 1.14 bits per heavy atom. The van der Waals surface area contributed by atoms with Crippen LogP contribution in [0.2, 0.25) is 0 Å². The van der Waals surface area contributed by atoms with E-state index < -0.39 is 0 Å². The minimum absolute atomic E-state index is 1.12. The number of nitrogens with zero attached hydrogens (tertiary/aromatic N) is 4. The molecule has 4 heteroatoms. The first kappa shape index (κ1) is 35.0. The van der Waals surface area contributed by atoms with Gasteiger partial charge in [0.25, 0.3) is 0 Å². The summed E-state index contributed by atoms with van der Waals surface area (Å²) in [6.45, 7) is 0. The average Bonchev–Trinajstić information content (AvgIpc) is 4.08. The Hall–Kier alpha value is -8.60. The third kappa shape index (κ3) is 4.93. The van der Waals surface area contributed by atoms with Crippen molar-refractivity contribution in [2.75, 3.05) is 0 Å². The largest absolute Gasteiger partial charge is 0.309 e. The normalized spacial score (nSPS) is 12.1. The molecule has 0 saturated heterocycles. The van der Waals surface area contributed by atoms with Gasteiger partial charge in [0.2, 0.25) is 0 Å². The second-order valence-corrected chi connectivity index (χ2v) is 16.9. The maximum Gasteiger partial charge on any atom is 0.0548 e. The Balaban J connectivity index is 1.03. The molecule has 0 fully saturated rings. The summed E-state index contributed by atoms with van der Waals surface area (Å²) in [5.74, 6) is 0. The highest BCUT2D eigenvalue weighted by Crippen LogP contribution is 2.44. The number of hydrogen-bond donors (Lipinski definition) is 0. The van der Waals surface area contributed by atoms with Gasteiger partial charge in [0, 0.05) is 65.8 Å². The molecule has 64 heavy (non-hydrogen) atoms. The highest BCUT2D eigenvalue weighted by Gasteiger charge is 2.22. The summed E-state index contributed by atoms with van der Waals surface area (Å²) in [7, 11) is 0. The van der Waals surface area contributed by atoms with E-state index in [2.05, 4.69) is 249 Å². The van der Waals surface area contributed by atoms with Gasteiger partial charge in [-0.2, -0.15) is 0 Å². The summed E-state index contributed by atoms with van der Waals surface area (Å²) in [5.41, 5.74) is 16.5. The van der Waals surface area contributed by atoms with Crippen LogP contribution in [0.15, 0.2) is 231 Å². The topological polar surface area (TPSA) is 19.7 Å². The van der Waals surface area contributed by atoms with Gasteiger partial charge in [-0.25, -0.2) is 0 Å². The van der Waals surface area contributed by atoms with Crippen LogP contribution in [0.3, 0.4) is 0 Å². The molecule has 14 rings (SSSR count). The highest BCUT2D eigenvalue weighted by molar-refractivity contribution is 6.29. The molecule has 0 spiro atoms. The Labute approximate surface area is 368 Å². The molecule has 298 valence electrons. The summed E-state index contributed by atoms with van der Waals surface area (Å²) < 4.78 is 9.78. The Morgan fingerprint density at radius 1 is 0.188 bits per heavy atom. The molecule has 10 aromatic carbocycles. The fraction of sp³-hybridized carbons (Fsp3) is 0. The zero-order valence-electron chi connectivity index (χ0n) is 34.7. The zero-order valence-corrected chi connectivity index (χ0v) is 34.7. The number of benzene rings is 10. The molecule has 0 N–H and O–H groups in total. The lowest BCUT2D eigenvalue weighted by Crippen LogP contribution is -1.98. The van der Waals surface area contributed by atoms with Crippen LogP contribution >= 0.6 is 0 Å². The lowest BCUT2D eigenvalue weighted by molar-refractivity contribution is 1.13. The molecule has 4 aromatic heterocycles. The van der Waals surface area contributed by atoms with Gasteiger partial charge >= 0.3 is 0 Å². The SMILES string of the molecule is c1ccc(-c2ccc3c(c2)c2cc4c(cc2n3-c2ccccc2)c2ccccc2n4-c2cccc(-n3c4ccccc4c4c5c6ccccc6n(-c6ccccc6)c5ccc43)c2)cc1. The van der Waals surface area contributed by atoms with E-state index in [1.807, 2.05) is 0 Å². The molecule has 0 atom stereocenters. The maximum absolute atomic E-state index is 2.47. The van der Waals surface area contributed by atoms with Gasteiger partial charge < -0.3 is 18.3 Å². The number of fused-ring (bicyclic) bond motifs is 13. The number of rotatable bonds is 5. The van der Waals surface area contributed by atoms with E-state index in [0.717, 1.165) is 22.7 Å². The van der Waals surface area contributed by atoms with Crippen LogP contribution in [0, 0.1) is 0 Å². The highest BCUT2D eigenvalue weighted by atomic mass is 15.0. The van der Waals surface area contributed by atoms with Crippen LogP contribution in [-0.4, -0.2) is 18.3 Å². The third-order valence-electron chi connectivity index (χ3n) is 13.5. The Kier molecular flexibility index (Phi) is 7.36. The lowest BCUT2D eigenvalue weighted by atomic mass is 10.0. The lowest BCUT2D eigenvalue weighted by Gasteiger charge is -2.13. The molecule has 0 bridgehead atoms. The van der Waals surface area contributed by atoms with E-state index in [0.29, 0.717) is 0 Å². The second kappa shape index (κ2) is 13.4. The molecular formula is C60H38N4. The van der Waals surface area contributed by atoms with Crippen molar-refractivity contribution in [2.45, 2.75) is 0 Å². The number of aromatic nitrogens is 4. The average molecular weight is 815 g/mol. The van der Waals surface area contributed by atoms with Crippen molar-refractivity contribution in [1.29, 1.82) is 0 Å². The smallest absolute Gasteiger partial charge is 0.0548 e. The van der Waals surface area contributed by atoms with Crippen molar-refractivity contribution >= 4 is 87.2 Å².